The zero-order valence-corrected chi connectivity index (χ0v) is 15.8. The number of nitrogens with zero attached hydrogens (tertiary/aromatic N) is 3. The number of aromatic nitrogens is 4. The number of hydrogen-bond donors (Lipinski definition) is 2. The summed E-state index contributed by atoms with van der Waals surface area (Å²) < 4.78 is 1.79. The van der Waals surface area contributed by atoms with Crippen molar-refractivity contribution in [2.75, 3.05) is 0 Å². The Balaban J connectivity index is 1.60. The zero-order chi connectivity index (χ0) is 20.2. The molecule has 4 rings (SSSR count). The maximum atomic E-state index is 12.5. The summed E-state index contributed by atoms with van der Waals surface area (Å²) >= 11 is 0. The maximum absolute atomic E-state index is 12.5. The number of Topliss-reactive ketones (excluding diaryl/α,β-unsaturated/α-hetero) is 1. The van der Waals surface area contributed by atoms with Gasteiger partial charge in [-0.05, 0) is 37.3 Å². The summed E-state index contributed by atoms with van der Waals surface area (Å²) in [7, 11) is 0. The molecule has 1 aromatic carbocycles. The average Bonchev–Trinajstić information content (AvgIpc) is 3.41. The Morgan fingerprint density at radius 3 is 2.55 bits per heavy atom. The van der Waals surface area contributed by atoms with E-state index in [0.717, 1.165) is 22.5 Å². The van der Waals surface area contributed by atoms with Crippen molar-refractivity contribution < 1.29 is 9.59 Å². The standard InChI is InChI=1S/C22H19N5O2/c1-15(28)17-11-20(24-12-17)22(29)25-13-18-14-27(19-5-3-2-4-6-19)26-21(18)16-7-9-23-10-8-16/h2-12,14,24H,13H2,1H3,(H,25,29). The largest absolute Gasteiger partial charge is 0.356 e. The number of para-hydroxylation sites is 1. The number of nitrogens with one attached hydrogen (secondary N) is 2. The Morgan fingerprint density at radius 2 is 1.86 bits per heavy atom. The molecule has 3 heterocycles. The van der Waals surface area contributed by atoms with Gasteiger partial charge in [0.05, 0.1) is 11.4 Å². The lowest BCUT2D eigenvalue weighted by Crippen LogP contribution is -2.23. The van der Waals surface area contributed by atoms with Gasteiger partial charge in [-0.1, -0.05) is 18.2 Å². The molecule has 7 nitrogen and oxygen atoms in total. The highest BCUT2D eigenvalue weighted by Gasteiger charge is 2.15. The molecule has 3 aromatic heterocycles. The van der Waals surface area contributed by atoms with E-state index in [-0.39, 0.29) is 18.2 Å². The molecule has 0 fully saturated rings. The third-order valence-electron chi connectivity index (χ3n) is 4.54. The Bertz CT molecular complexity index is 1150. The summed E-state index contributed by atoms with van der Waals surface area (Å²) in [5.41, 5.74) is 4.30. The monoisotopic (exact) mass is 385 g/mol. The molecule has 7 heteroatoms. The first-order chi connectivity index (χ1) is 14.1. The Morgan fingerprint density at radius 1 is 1.10 bits per heavy atom. The third kappa shape index (κ3) is 3.98. The molecule has 0 aliphatic heterocycles. The highest BCUT2D eigenvalue weighted by atomic mass is 16.2. The van der Waals surface area contributed by atoms with Gasteiger partial charge < -0.3 is 10.3 Å². The van der Waals surface area contributed by atoms with E-state index in [4.69, 9.17) is 5.10 Å². The van der Waals surface area contributed by atoms with Crippen LogP contribution in [0.25, 0.3) is 16.9 Å². The molecule has 0 aliphatic rings. The summed E-state index contributed by atoms with van der Waals surface area (Å²) in [5.74, 6) is -0.380. The molecule has 0 bridgehead atoms. The number of pyridine rings is 1. The molecule has 2 N–H and O–H groups in total. The van der Waals surface area contributed by atoms with Gasteiger partial charge in [-0.25, -0.2) is 4.68 Å². The van der Waals surface area contributed by atoms with Gasteiger partial charge in [-0.2, -0.15) is 5.10 Å². The molecule has 0 atom stereocenters. The van der Waals surface area contributed by atoms with Gasteiger partial charge in [0.15, 0.2) is 5.78 Å². The Labute approximate surface area is 167 Å². The Kier molecular flexibility index (Phi) is 5.03. The van der Waals surface area contributed by atoms with Crippen LogP contribution in [0.1, 0.15) is 33.3 Å². The molecule has 0 radical (unpaired) electrons. The van der Waals surface area contributed by atoms with Crippen LogP contribution in [0.15, 0.2) is 73.3 Å². The van der Waals surface area contributed by atoms with Crippen LogP contribution in [0.5, 0.6) is 0 Å². The van der Waals surface area contributed by atoms with Crippen molar-refractivity contribution in [2.24, 2.45) is 0 Å². The molecular formula is C22H19N5O2. The lowest BCUT2D eigenvalue weighted by atomic mass is 10.1. The van der Waals surface area contributed by atoms with Crippen LogP contribution < -0.4 is 5.32 Å². The number of H-pyrrole nitrogens is 1. The van der Waals surface area contributed by atoms with E-state index in [1.54, 1.807) is 23.1 Å². The number of carbonyl (C=O) groups is 2. The quantitative estimate of drug-likeness (QED) is 0.498. The normalized spacial score (nSPS) is 10.7. The number of ketones is 1. The molecule has 4 aromatic rings. The third-order valence-corrected chi connectivity index (χ3v) is 4.54. The highest BCUT2D eigenvalue weighted by molar-refractivity contribution is 5.99. The molecule has 0 spiro atoms. The highest BCUT2D eigenvalue weighted by Crippen LogP contribution is 2.23. The topological polar surface area (TPSA) is 92.7 Å². The second-order valence-corrected chi connectivity index (χ2v) is 6.56. The van der Waals surface area contributed by atoms with E-state index in [0.29, 0.717) is 11.3 Å². The first-order valence-electron chi connectivity index (χ1n) is 9.14. The molecule has 0 unspecified atom stereocenters. The van der Waals surface area contributed by atoms with Gasteiger partial charge in [0, 0.05) is 48.0 Å². The molecular weight excluding hydrogens is 366 g/mol. The van der Waals surface area contributed by atoms with E-state index >= 15 is 0 Å². The fourth-order valence-corrected chi connectivity index (χ4v) is 3.00. The molecule has 1 amide bonds. The van der Waals surface area contributed by atoms with E-state index < -0.39 is 0 Å². The van der Waals surface area contributed by atoms with Gasteiger partial charge in [0.1, 0.15) is 5.69 Å². The smallest absolute Gasteiger partial charge is 0.267 e. The van der Waals surface area contributed by atoms with Crippen molar-refractivity contribution >= 4 is 11.7 Å². The van der Waals surface area contributed by atoms with Gasteiger partial charge in [0.2, 0.25) is 0 Å². The average molecular weight is 385 g/mol. The summed E-state index contributed by atoms with van der Waals surface area (Å²) in [4.78, 5) is 30.8. The lowest BCUT2D eigenvalue weighted by Gasteiger charge is -2.04. The summed E-state index contributed by atoms with van der Waals surface area (Å²) in [6.07, 6.45) is 6.86. The molecule has 0 aliphatic carbocycles. The van der Waals surface area contributed by atoms with Crippen LogP contribution in [0.2, 0.25) is 0 Å². The van der Waals surface area contributed by atoms with Crippen molar-refractivity contribution in [2.45, 2.75) is 13.5 Å². The van der Waals surface area contributed by atoms with Gasteiger partial charge in [-0.3, -0.25) is 14.6 Å². The number of carbonyl (C=O) groups excluding carboxylic acids is 2. The summed E-state index contributed by atoms with van der Waals surface area (Å²) in [6.45, 7) is 1.75. The van der Waals surface area contributed by atoms with Crippen LogP contribution in [0, 0.1) is 0 Å². The number of rotatable bonds is 6. The lowest BCUT2D eigenvalue weighted by molar-refractivity contribution is 0.0946. The number of hydrogen-bond acceptors (Lipinski definition) is 4. The SMILES string of the molecule is CC(=O)c1c[nH]c(C(=O)NCc2cn(-c3ccccc3)nc2-c2ccncc2)c1. The van der Waals surface area contributed by atoms with Crippen LogP contribution >= 0.6 is 0 Å². The first kappa shape index (κ1) is 18.4. The predicted octanol–water partition coefficient (Wildman–Crippen LogP) is 3.40. The van der Waals surface area contributed by atoms with Crippen molar-refractivity contribution in [3.8, 4) is 16.9 Å². The first-order valence-corrected chi connectivity index (χ1v) is 9.14. The molecule has 144 valence electrons. The van der Waals surface area contributed by atoms with Crippen molar-refractivity contribution in [1.82, 2.24) is 25.1 Å². The maximum Gasteiger partial charge on any atom is 0.267 e. The van der Waals surface area contributed by atoms with Gasteiger partial charge in [0.25, 0.3) is 5.91 Å². The summed E-state index contributed by atoms with van der Waals surface area (Å²) in [5, 5.41) is 7.61. The minimum absolute atomic E-state index is 0.0931. The minimum Gasteiger partial charge on any atom is -0.356 e. The van der Waals surface area contributed by atoms with Gasteiger partial charge in [-0.15, -0.1) is 0 Å². The molecule has 0 saturated carbocycles. The number of aromatic amines is 1. The van der Waals surface area contributed by atoms with Crippen LogP contribution in [-0.2, 0) is 6.54 Å². The fourth-order valence-electron chi connectivity index (χ4n) is 3.00. The van der Waals surface area contributed by atoms with Crippen LogP contribution in [0.4, 0.5) is 0 Å². The van der Waals surface area contributed by atoms with Gasteiger partial charge >= 0.3 is 0 Å². The van der Waals surface area contributed by atoms with Crippen molar-refractivity contribution in [1.29, 1.82) is 0 Å². The fraction of sp³-hybridized carbons (Fsp3) is 0.0909. The minimum atomic E-state index is -0.286. The van der Waals surface area contributed by atoms with Crippen LogP contribution in [0.3, 0.4) is 0 Å². The zero-order valence-electron chi connectivity index (χ0n) is 15.8. The van der Waals surface area contributed by atoms with Crippen molar-refractivity contribution in [3.05, 3.63) is 90.1 Å². The van der Waals surface area contributed by atoms with E-state index in [1.807, 2.05) is 48.7 Å². The van der Waals surface area contributed by atoms with Crippen LogP contribution in [-0.4, -0.2) is 31.4 Å². The second-order valence-electron chi connectivity index (χ2n) is 6.56. The predicted molar refractivity (Wildman–Crippen MR) is 109 cm³/mol. The molecule has 29 heavy (non-hydrogen) atoms. The summed E-state index contributed by atoms with van der Waals surface area (Å²) in [6, 6.07) is 15.1. The van der Waals surface area contributed by atoms with E-state index in [1.165, 1.54) is 13.1 Å². The van der Waals surface area contributed by atoms with E-state index in [2.05, 4.69) is 15.3 Å². The number of benzene rings is 1. The number of amides is 1. The molecule has 0 saturated heterocycles. The second kappa shape index (κ2) is 7.93. The van der Waals surface area contributed by atoms with Crippen molar-refractivity contribution in [3.63, 3.8) is 0 Å². The Hall–Kier alpha value is -4.00. The van der Waals surface area contributed by atoms with E-state index in [9.17, 15) is 9.59 Å².